The molecule has 1 heterocycles. The molecule has 0 bridgehead atoms. The SMILES string of the molecule is CCCN(C)C(=O)N1CCC(C)CC1. The van der Waals surface area contributed by atoms with E-state index in [1.807, 2.05) is 16.8 Å². The Kier molecular flexibility index (Phi) is 4.23. The van der Waals surface area contributed by atoms with E-state index in [0.717, 1.165) is 44.8 Å². The first-order valence-corrected chi connectivity index (χ1v) is 5.65. The van der Waals surface area contributed by atoms with Crippen LogP contribution in [0, 0.1) is 5.92 Å². The molecule has 1 rings (SSSR count). The number of nitrogens with zero attached hydrogens (tertiary/aromatic N) is 2. The van der Waals surface area contributed by atoms with Crippen LogP contribution in [-0.2, 0) is 0 Å². The van der Waals surface area contributed by atoms with Crippen molar-refractivity contribution in [1.29, 1.82) is 0 Å². The molecule has 2 amide bonds. The lowest BCUT2D eigenvalue weighted by atomic mass is 10.00. The van der Waals surface area contributed by atoms with Gasteiger partial charge in [0.05, 0.1) is 0 Å². The zero-order chi connectivity index (χ0) is 10.6. The zero-order valence-electron chi connectivity index (χ0n) is 9.62. The maximum Gasteiger partial charge on any atom is 0.319 e. The largest absolute Gasteiger partial charge is 0.328 e. The zero-order valence-corrected chi connectivity index (χ0v) is 9.62. The Morgan fingerprint density at radius 1 is 1.43 bits per heavy atom. The molecule has 0 aromatic carbocycles. The molecule has 82 valence electrons. The van der Waals surface area contributed by atoms with Crippen LogP contribution >= 0.6 is 0 Å². The number of hydrogen-bond donors (Lipinski definition) is 0. The highest BCUT2D eigenvalue weighted by Crippen LogP contribution is 2.16. The summed E-state index contributed by atoms with van der Waals surface area (Å²) in [5.74, 6) is 0.788. The topological polar surface area (TPSA) is 23.6 Å². The predicted octanol–water partition coefficient (Wildman–Crippen LogP) is 2.18. The van der Waals surface area contributed by atoms with Gasteiger partial charge < -0.3 is 9.80 Å². The van der Waals surface area contributed by atoms with E-state index < -0.39 is 0 Å². The van der Waals surface area contributed by atoms with Gasteiger partial charge in [-0.05, 0) is 25.2 Å². The lowest BCUT2D eigenvalue weighted by Gasteiger charge is -2.33. The van der Waals surface area contributed by atoms with E-state index in [1.54, 1.807) is 0 Å². The van der Waals surface area contributed by atoms with Gasteiger partial charge in [-0.3, -0.25) is 0 Å². The molecule has 0 atom stereocenters. The Hall–Kier alpha value is -0.730. The third-order valence-electron chi connectivity index (χ3n) is 2.94. The van der Waals surface area contributed by atoms with Gasteiger partial charge in [0.1, 0.15) is 0 Å². The third-order valence-corrected chi connectivity index (χ3v) is 2.94. The van der Waals surface area contributed by atoms with Crippen LogP contribution in [0.1, 0.15) is 33.1 Å². The Balaban J connectivity index is 2.37. The fourth-order valence-electron chi connectivity index (χ4n) is 1.87. The maximum absolute atomic E-state index is 11.8. The van der Waals surface area contributed by atoms with Crippen LogP contribution in [0.3, 0.4) is 0 Å². The minimum absolute atomic E-state index is 0.207. The summed E-state index contributed by atoms with van der Waals surface area (Å²) in [7, 11) is 1.89. The molecular weight excluding hydrogens is 176 g/mol. The Bertz CT molecular complexity index is 186. The molecule has 0 aromatic rings. The van der Waals surface area contributed by atoms with Gasteiger partial charge in [0.2, 0.25) is 0 Å². The number of piperidine rings is 1. The quantitative estimate of drug-likeness (QED) is 0.667. The van der Waals surface area contributed by atoms with Crippen molar-refractivity contribution in [1.82, 2.24) is 9.80 Å². The first-order valence-electron chi connectivity index (χ1n) is 5.65. The standard InChI is InChI=1S/C11H22N2O/c1-4-7-12(3)11(14)13-8-5-10(2)6-9-13/h10H,4-9H2,1-3H3. The molecule has 0 N–H and O–H groups in total. The van der Waals surface area contributed by atoms with Crippen LogP contribution in [0.5, 0.6) is 0 Å². The van der Waals surface area contributed by atoms with E-state index in [-0.39, 0.29) is 6.03 Å². The Morgan fingerprint density at radius 2 is 2.00 bits per heavy atom. The summed E-state index contributed by atoms with van der Waals surface area (Å²) in [4.78, 5) is 15.7. The van der Waals surface area contributed by atoms with E-state index in [4.69, 9.17) is 0 Å². The Morgan fingerprint density at radius 3 is 2.50 bits per heavy atom. The molecule has 1 aliphatic rings. The van der Waals surface area contributed by atoms with Crippen molar-refractivity contribution in [3.05, 3.63) is 0 Å². The lowest BCUT2D eigenvalue weighted by molar-refractivity contribution is 0.143. The molecule has 1 fully saturated rings. The molecule has 0 spiro atoms. The van der Waals surface area contributed by atoms with Crippen LogP contribution in [-0.4, -0.2) is 42.5 Å². The number of urea groups is 1. The average Bonchev–Trinajstić information content (AvgIpc) is 2.18. The average molecular weight is 198 g/mol. The summed E-state index contributed by atoms with van der Waals surface area (Å²) in [5, 5.41) is 0. The first kappa shape index (κ1) is 11.3. The summed E-state index contributed by atoms with van der Waals surface area (Å²) in [6.07, 6.45) is 3.35. The van der Waals surface area contributed by atoms with Crippen LogP contribution in [0.15, 0.2) is 0 Å². The third kappa shape index (κ3) is 2.89. The molecule has 0 unspecified atom stereocenters. The van der Waals surface area contributed by atoms with Crippen molar-refractivity contribution < 1.29 is 4.79 Å². The molecule has 0 aliphatic carbocycles. The van der Waals surface area contributed by atoms with Crippen molar-refractivity contribution in [2.24, 2.45) is 5.92 Å². The highest BCUT2D eigenvalue weighted by atomic mass is 16.2. The summed E-state index contributed by atoms with van der Waals surface area (Å²) >= 11 is 0. The highest BCUT2D eigenvalue weighted by Gasteiger charge is 2.22. The van der Waals surface area contributed by atoms with Crippen molar-refractivity contribution in [3.63, 3.8) is 0 Å². The molecule has 14 heavy (non-hydrogen) atoms. The normalized spacial score (nSPS) is 18.4. The van der Waals surface area contributed by atoms with Gasteiger partial charge >= 0.3 is 6.03 Å². The molecule has 3 nitrogen and oxygen atoms in total. The van der Waals surface area contributed by atoms with Gasteiger partial charge in [-0.25, -0.2) is 4.79 Å². The minimum atomic E-state index is 0.207. The second-order valence-corrected chi connectivity index (χ2v) is 4.37. The predicted molar refractivity (Wildman–Crippen MR) is 58.3 cm³/mol. The fourth-order valence-corrected chi connectivity index (χ4v) is 1.87. The first-order chi connectivity index (χ1) is 6.65. The molecular formula is C11H22N2O. The molecule has 0 saturated carbocycles. The number of amides is 2. The van der Waals surface area contributed by atoms with Gasteiger partial charge in [0.25, 0.3) is 0 Å². The van der Waals surface area contributed by atoms with Gasteiger partial charge in [0.15, 0.2) is 0 Å². The highest BCUT2D eigenvalue weighted by molar-refractivity contribution is 5.74. The molecule has 3 heteroatoms. The van der Waals surface area contributed by atoms with E-state index in [2.05, 4.69) is 13.8 Å². The van der Waals surface area contributed by atoms with Gasteiger partial charge in [-0.1, -0.05) is 13.8 Å². The fraction of sp³-hybridized carbons (Fsp3) is 0.909. The smallest absolute Gasteiger partial charge is 0.319 e. The summed E-state index contributed by atoms with van der Waals surface area (Å²) < 4.78 is 0. The van der Waals surface area contributed by atoms with Crippen molar-refractivity contribution in [2.75, 3.05) is 26.7 Å². The van der Waals surface area contributed by atoms with Crippen molar-refractivity contribution in [2.45, 2.75) is 33.1 Å². The van der Waals surface area contributed by atoms with E-state index >= 15 is 0 Å². The number of carbonyl (C=O) groups excluding carboxylic acids is 1. The molecule has 0 aromatic heterocycles. The number of rotatable bonds is 2. The monoisotopic (exact) mass is 198 g/mol. The lowest BCUT2D eigenvalue weighted by Crippen LogP contribution is -2.45. The number of carbonyl (C=O) groups is 1. The second-order valence-electron chi connectivity index (χ2n) is 4.37. The van der Waals surface area contributed by atoms with Gasteiger partial charge in [0, 0.05) is 26.7 Å². The summed E-state index contributed by atoms with van der Waals surface area (Å²) in [6, 6.07) is 0.207. The minimum Gasteiger partial charge on any atom is -0.328 e. The van der Waals surface area contributed by atoms with Crippen LogP contribution in [0.2, 0.25) is 0 Å². The Labute approximate surface area is 87.1 Å². The van der Waals surface area contributed by atoms with Crippen molar-refractivity contribution in [3.8, 4) is 0 Å². The summed E-state index contributed by atoms with van der Waals surface area (Å²) in [5.41, 5.74) is 0. The van der Waals surface area contributed by atoms with Crippen LogP contribution in [0.4, 0.5) is 4.79 Å². The number of likely N-dealkylation sites (tertiary alicyclic amines) is 1. The molecule has 1 aliphatic heterocycles. The summed E-state index contributed by atoms with van der Waals surface area (Å²) in [6.45, 7) is 7.10. The van der Waals surface area contributed by atoms with E-state index in [0.29, 0.717) is 0 Å². The molecule has 0 radical (unpaired) electrons. The van der Waals surface area contributed by atoms with Crippen LogP contribution < -0.4 is 0 Å². The van der Waals surface area contributed by atoms with Gasteiger partial charge in [-0.15, -0.1) is 0 Å². The van der Waals surface area contributed by atoms with E-state index in [1.165, 1.54) is 0 Å². The van der Waals surface area contributed by atoms with E-state index in [9.17, 15) is 4.79 Å². The second kappa shape index (κ2) is 5.23. The molecule has 1 saturated heterocycles. The van der Waals surface area contributed by atoms with Crippen molar-refractivity contribution >= 4 is 6.03 Å². The number of hydrogen-bond acceptors (Lipinski definition) is 1. The maximum atomic E-state index is 11.8. The van der Waals surface area contributed by atoms with Crippen LogP contribution in [0.25, 0.3) is 0 Å². The van der Waals surface area contributed by atoms with Gasteiger partial charge in [-0.2, -0.15) is 0 Å².